The molecule has 0 aromatic heterocycles. The van der Waals surface area contributed by atoms with E-state index in [1.54, 1.807) is 13.1 Å². The lowest BCUT2D eigenvalue weighted by molar-refractivity contribution is -0.125. The van der Waals surface area contributed by atoms with E-state index in [9.17, 15) is 19.2 Å². The smallest absolute Gasteiger partial charge is 0.327 e. The van der Waals surface area contributed by atoms with Crippen LogP contribution in [0, 0.1) is 0 Å². The van der Waals surface area contributed by atoms with Gasteiger partial charge >= 0.3 is 12.1 Å². The molecule has 0 radical (unpaired) electrons. The first-order valence-electron chi connectivity index (χ1n) is 9.36. The zero-order chi connectivity index (χ0) is 20.7. The van der Waals surface area contributed by atoms with Gasteiger partial charge in [-0.25, -0.2) is 9.59 Å². The lowest BCUT2D eigenvalue weighted by Gasteiger charge is -2.18. The number of nitrogens with one attached hydrogen (secondary N) is 2. The Hall–Kier alpha value is -3.10. The number of likely N-dealkylation sites (N-methyl/N-ethyl adjacent to an activating group) is 1. The molecule has 1 aromatic carbocycles. The van der Waals surface area contributed by atoms with Crippen molar-refractivity contribution in [2.75, 3.05) is 25.5 Å². The molecule has 0 unspecified atom stereocenters. The van der Waals surface area contributed by atoms with Crippen LogP contribution in [0.15, 0.2) is 18.2 Å². The molecule has 1 heterocycles. The second kappa shape index (κ2) is 9.72. The Morgan fingerprint density at radius 1 is 1.18 bits per heavy atom. The third kappa shape index (κ3) is 5.45. The molecule has 0 spiro atoms. The number of imide groups is 1. The third-order valence-electron chi connectivity index (χ3n) is 4.52. The Morgan fingerprint density at radius 2 is 1.93 bits per heavy atom. The number of urea groups is 2. The molecule has 6 amide bonds. The maximum atomic E-state index is 12.2. The van der Waals surface area contributed by atoms with Crippen molar-refractivity contribution in [1.29, 1.82) is 0 Å². The first-order chi connectivity index (χ1) is 13.3. The van der Waals surface area contributed by atoms with Crippen LogP contribution in [-0.2, 0) is 11.3 Å². The largest absolute Gasteiger partial charge is 0.366 e. The molecule has 0 aliphatic carbocycles. The first-order valence-corrected chi connectivity index (χ1v) is 9.36. The molecule has 9 nitrogen and oxygen atoms in total. The fraction of sp³-hybridized carbons (Fsp3) is 0.474. The second-order valence-electron chi connectivity index (χ2n) is 6.80. The highest BCUT2D eigenvalue weighted by atomic mass is 16.2. The second-order valence-corrected chi connectivity index (χ2v) is 6.80. The highest BCUT2D eigenvalue weighted by molar-refractivity contribution is 6.02. The fourth-order valence-electron chi connectivity index (χ4n) is 2.90. The van der Waals surface area contributed by atoms with Crippen LogP contribution < -0.4 is 16.4 Å². The van der Waals surface area contributed by atoms with Gasteiger partial charge in [0.1, 0.15) is 6.54 Å². The zero-order valence-corrected chi connectivity index (χ0v) is 16.3. The standard InChI is InChI=1S/C19H27N5O4/c1-3-4-5-6-9-21-18(27)22-15-10-13(17(20)26)7-8-14(15)11-24-16(25)12-23(2)19(24)28/h7-8,10H,3-6,9,11-12H2,1-2H3,(H2,20,26)(H2,21,22,27). The zero-order valence-electron chi connectivity index (χ0n) is 16.3. The number of unbranched alkanes of at least 4 members (excludes halogenated alkanes) is 3. The van der Waals surface area contributed by atoms with Crippen molar-refractivity contribution >= 4 is 29.6 Å². The van der Waals surface area contributed by atoms with E-state index < -0.39 is 18.0 Å². The van der Waals surface area contributed by atoms with Crippen LogP contribution in [0.3, 0.4) is 0 Å². The monoisotopic (exact) mass is 389 g/mol. The summed E-state index contributed by atoms with van der Waals surface area (Å²) in [5, 5.41) is 5.45. The van der Waals surface area contributed by atoms with Crippen LogP contribution in [0.4, 0.5) is 15.3 Å². The molecule has 1 aliphatic rings. The number of nitrogens with two attached hydrogens (primary N) is 1. The van der Waals surface area contributed by atoms with E-state index in [0.717, 1.165) is 30.6 Å². The van der Waals surface area contributed by atoms with Crippen molar-refractivity contribution in [1.82, 2.24) is 15.1 Å². The number of carbonyl (C=O) groups excluding carboxylic acids is 4. The molecule has 1 saturated heterocycles. The van der Waals surface area contributed by atoms with Crippen LogP contribution in [0.25, 0.3) is 0 Å². The number of rotatable bonds is 9. The highest BCUT2D eigenvalue weighted by Gasteiger charge is 2.33. The molecule has 1 aliphatic heterocycles. The van der Waals surface area contributed by atoms with E-state index in [1.807, 2.05) is 0 Å². The Balaban J connectivity index is 2.10. The topological polar surface area (TPSA) is 125 Å². The number of primary amides is 1. The Labute approximate surface area is 164 Å². The van der Waals surface area contributed by atoms with Gasteiger partial charge in [-0.2, -0.15) is 0 Å². The van der Waals surface area contributed by atoms with Crippen LogP contribution >= 0.6 is 0 Å². The molecular formula is C19H27N5O4. The van der Waals surface area contributed by atoms with E-state index in [2.05, 4.69) is 17.6 Å². The van der Waals surface area contributed by atoms with Crippen molar-refractivity contribution in [3.8, 4) is 0 Å². The van der Waals surface area contributed by atoms with Crippen LogP contribution in [0.2, 0.25) is 0 Å². The van der Waals surface area contributed by atoms with Gasteiger partial charge < -0.3 is 21.3 Å². The van der Waals surface area contributed by atoms with Crippen molar-refractivity contribution in [3.63, 3.8) is 0 Å². The molecule has 0 bridgehead atoms. The minimum absolute atomic E-state index is 0.00678. The highest BCUT2D eigenvalue weighted by Crippen LogP contribution is 2.22. The summed E-state index contributed by atoms with van der Waals surface area (Å²) >= 11 is 0. The number of anilines is 1. The number of carbonyl (C=O) groups is 4. The van der Waals surface area contributed by atoms with Gasteiger partial charge in [0, 0.05) is 24.8 Å². The van der Waals surface area contributed by atoms with Gasteiger partial charge in [0.2, 0.25) is 5.91 Å². The molecule has 28 heavy (non-hydrogen) atoms. The van der Waals surface area contributed by atoms with E-state index in [4.69, 9.17) is 5.73 Å². The van der Waals surface area contributed by atoms with Crippen LogP contribution in [0.5, 0.6) is 0 Å². The molecule has 1 fully saturated rings. The Kier molecular flexibility index (Phi) is 7.36. The van der Waals surface area contributed by atoms with Gasteiger partial charge in [-0.3, -0.25) is 14.5 Å². The number of benzene rings is 1. The van der Waals surface area contributed by atoms with Gasteiger partial charge in [0.15, 0.2) is 0 Å². The number of hydrogen-bond acceptors (Lipinski definition) is 4. The average Bonchev–Trinajstić information content (AvgIpc) is 2.88. The molecule has 2 rings (SSSR count). The van der Waals surface area contributed by atoms with Gasteiger partial charge in [-0.1, -0.05) is 32.3 Å². The van der Waals surface area contributed by atoms with Crippen LogP contribution in [-0.4, -0.2) is 53.8 Å². The summed E-state index contributed by atoms with van der Waals surface area (Å²) in [5.41, 5.74) is 6.41. The lowest BCUT2D eigenvalue weighted by atomic mass is 10.1. The molecule has 0 saturated carbocycles. The Bertz CT molecular complexity index is 765. The number of nitrogens with zero attached hydrogens (tertiary/aromatic N) is 2. The minimum Gasteiger partial charge on any atom is -0.366 e. The summed E-state index contributed by atoms with van der Waals surface area (Å²) < 4.78 is 0. The number of hydrogen-bond donors (Lipinski definition) is 3. The van der Waals surface area contributed by atoms with Gasteiger partial charge in [-0.15, -0.1) is 0 Å². The van der Waals surface area contributed by atoms with E-state index >= 15 is 0 Å². The maximum absolute atomic E-state index is 12.2. The normalized spacial score (nSPS) is 13.8. The fourth-order valence-corrected chi connectivity index (χ4v) is 2.90. The summed E-state index contributed by atoms with van der Waals surface area (Å²) in [4.78, 5) is 50.2. The molecule has 9 heteroatoms. The predicted octanol–water partition coefficient (Wildman–Crippen LogP) is 1.88. The lowest BCUT2D eigenvalue weighted by Crippen LogP contribution is -2.33. The summed E-state index contributed by atoms with van der Waals surface area (Å²) in [6, 6.07) is 3.70. The van der Waals surface area contributed by atoms with Gasteiger partial charge in [0.25, 0.3) is 5.91 Å². The SMILES string of the molecule is CCCCCCNC(=O)Nc1cc(C(N)=O)ccc1CN1C(=O)CN(C)C1=O. The minimum atomic E-state index is -0.636. The maximum Gasteiger partial charge on any atom is 0.327 e. The summed E-state index contributed by atoms with van der Waals surface area (Å²) in [6.07, 6.45) is 4.13. The van der Waals surface area contributed by atoms with E-state index in [-0.39, 0.29) is 24.6 Å². The average molecular weight is 389 g/mol. The van der Waals surface area contributed by atoms with E-state index in [0.29, 0.717) is 17.8 Å². The van der Waals surface area contributed by atoms with Crippen molar-refractivity contribution in [2.24, 2.45) is 5.73 Å². The summed E-state index contributed by atoms with van der Waals surface area (Å²) in [6.45, 7) is 2.65. The van der Waals surface area contributed by atoms with E-state index in [1.165, 1.54) is 17.0 Å². The molecule has 4 N–H and O–H groups in total. The molecular weight excluding hydrogens is 362 g/mol. The molecule has 1 aromatic rings. The van der Waals surface area contributed by atoms with Crippen molar-refractivity contribution in [3.05, 3.63) is 29.3 Å². The van der Waals surface area contributed by atoms with Crippen molar-refractivity contribution < 1.29 is 19.2 Å². The Morgan fingerprint density at radius 3 is 2.54 bits per heavy atom. The summed E-state index contributed by atoms with van der Waals surface area (Å²) in [7, 11) is 1.54. The quantitative estimate of drug-likeness (QED) is 0.440. The van der Waals surface area contributed by atoms with Gasteiger partial charge in [0.05, 0.1) is 6.54 Å². The molecule has 152 valence electrons. The first kappa shape index (κ1) is 21.2. The summed E-state index contributed by atoms with van der Waals surface area (Å²) in [5.74, 6) is -0.958. The van der Waals surface area contributed by atoms with Gasteiger partial charge in [-0.05, 0) is 24.1 Å². The van der Waals surface area contributed by atoms with Crippen molar-refractivity contribution in [2.45, 2.75) is 39.2 Å². The molecule has 0 atom stereocenters. The third-order valence-corrected chi connectivity index (χ3v) is 4.52. The number of amides is 6. The van der Waals surface area contributed by atoms with Crippen LogP contribution in [0.1, 0.15) is 48.5 Å². The predicted molar refractivity (Wildman–Crippen MR) is 105 cm³/mol.